The van der Waals surface area contributed by atoms with Crippen LogP contribution >= 0.6 is 0 Å². The molecule has 12 nitrogen and oxygen atoms in total. The highest BCUT2D eigenvalue weighted by Gasteiger charge is 2.44. The van der Waals surface area contributed by atoms with Gasteiger partial charge in [-0.3, -0.25) is 5.32 Å². The summed E-state index contributed by atoms with van der Waals surface area (Å²) in [7, 11) is 2.16. The molecule has 12 heteroatoms. The first-order chi connectivity index (χ1) is 14.6. The molecule has 0 amide bonds. The molecule has 0 saturated carbocycles. The molecule has 1 aromatic rings. The molecule has 0 aliphatic heterocycles. The number of rotatable bonds is 9. The van der Waals surface area contributed by atoms with Gasteiger partial charge in [-0.05, 0) is 38.5 Å². The molecule has 0 radical (unpaired) electrons. The number of aliphatic carboxylic acids is 1. The van der Waals surface area contributed by atoms with Crippen molar-refractivity contribution >= 4 is 24.4 Å². The molecule has 0 saturated heterocycles. The Kier molecular flexibility index (Phi) is 9.54. The van der Waals surface area contributed by atoms with Gasteiger partial charge in [-0.1, -0.05) is 6.07 Å². The van der Waals surface area contributed by atoms with Gasteiger partial charge in [0.2, 0.25) is 0 Å². The number of carbonyl (C=O) groups excluding carboxylic acids is 3. The molecular formula is C19H25NO11. The zero-order valence-corrected chi connectivity index (χ0v) is 17.8. The van der Waals surface area contributed by atoms with E-state index in [0.717, 1.165) is 14.2 Å². The third kappa shape index (κ3) is 7.66. The largest absolute Gasteiger partial charge is 0.513 e. The summed E-state index contributed by atoms with van der Waals surface area (Å²) in [5.41, 5.74) is -1.95. The maximum absolute atomic E-state index is 12.1. The van der Waals surface area contributed by atoms with E-state index in [9.17, 15) is 24.3 Å². The second kappa shape index (κ2) is 11.6. The summed E-state index contributed by atoms with van der Waals surface area (Å²) in [6.45, 7) is 4.83. The molecule has 0 spiro atoms. The van der Waals surface area contributed by atoms with Crippen LogP contribution in [0.1, 0.15) is 26.3 Å². The molecule has 0 fully saturated rings. The van der Waals surface area contributed by atoms with Gasteiger partial charge in [0, 0.05) is 12.5 Å². The van der Waals surface area contributed by atoms with Crippen LogP contribution in [-0.4, -0.2) is 62.1 Å². The van der Waals surface area contributed by atoms with E-state index in [4.69, 9.17) is 18.9 Å². The van der Waals surface area contributed by atoms with E-state index >= 15 is 0 Å². The number of carboxylic acid groups (broad SMARTS) is 1. The van der Waals surface area contributed by atoms with Gasteiger partial charge in [0.1, 0.15) is 0 Å². The van der Waals surface area contributed by atoms with E-state index in [-0.39, 0.29) is 23.7 Å². The van der Waals surface area contributed by atoms with Crippen molar-refractivity contribution in [1.29, 1.82) is 0 Å². The monoisotopic (exact) mass is 443 g/mol. The van der Waals surface area contributed by atoms with Crippen molar-refractivity contribution in [3.63, 3.8) is 0 Å². The van der Waals surface area contributed by atoms with Crippen LogP contribution in [0.4, 0.5) is 14.4 Å². The number of ether oxygens (including phenoxy) is 6. The number of hydrogen-bond donors (Lipinski definition) is 2. The molecule has 0 aliphatic carbocycles. The van der Waals surface area contributed by atoms with E-state index in [1.165, 1.54) is 25.1 Å². The van der Waals surface area contributed by atoms with Crippen LogP contribution in [0.5, 0.6) is 11.5 Å². The van der Waals surface area contributed by atoms with E-state index in [0.29, 0.717) is 0 Å². The third-order valence-electron chi connectivity index (χ3n) is 3.57. The predicted molar refractivity (Wildman–Crippen MR) is 103 cm³/mol. The minimum atomic E-state index is -2.20. The van der Waals surface area contributed by atoms with Crippen molar-refractivity contribution in [3.8, 4) is 11.5 Å². The van der Waals surface area contributed by atoms with Crippen molar-refractivity contribution < 1.29 is 52.7 Å². The zero-order chi connectivity index (χ0) is 23.6. The van der Waals surface area contributed by atoms with E-state index in [2.05, 4.69) is 14.8 Å². The van der Waals surface area contributed by atoms with Crippen molar-refractivity contribution in [3.05, 3.63) is 23.8 Å². The first kappa shape index (κ1) is 25.5. The summed E-state index contributed by atoms with van der Waals surface area (Å²) in [5.74, 6) is -1.93. The van der Waals surface area contributed by atoms with Crippen LogP contribution in [0, 0.1) is 0 Å². The topological polar surface area (TPSA) is 156 Å². The Morgan fingerprint density at radius 3 is 2.06 bits per heavy atom. The second-order valence-corrected chi connectivity index (χ2v) is 6.29. The molecule has 172 valence electrons. The predicted octanol–water partition coefficient (Wildman–Crippen LogP) is 2.47. The van der Waals surface area contributed by atoms with Gasteiger partial charge in [-0.2, -0.15) is 0 Å². The van der Waals surface area contributed by atoms with E-state index in [1.807, 2.05) is 0 Å². The number of carboxylic acids is 1. The highest BCUT2D eigenvalue weighted by Crippen LogP contribution is 2.31. The fourth-order valence-corrected chi connectivity index (χ4v) is 2.43. The SMILES string of the molecule is CCOC(=O)O[C@](Cc1ccc(OC(=O)OC)c(OC(=O)OC)c1)(NC(C)C)C(=O)O. The Hall–Kier alpha value is -3.54. The molecule has 1 rings (SSSR count). The first-order valence-corrected chi connectivity index (χ1v) is 9.08. The van der Waals surface area contributed by atoms with Crippen LogP contribution in [-0.2, 0) is 30.2 Å². The summed E-state index contributed by atoms with van der Waals surface area (Å²) < 4.78 is 28.5. The van der Waals surface area contributed by atoms with Crippen LogP contribution in [0.2, 0.25) is 0 Å². The number of nitrogens with one attached hydrogen (secondary N) is 1. The lowest BCUT2D eigenvalue weighted by molar-refractivity contribution is -0.166. The summed E-state index contributed by atoms with van der Waals surface area (Å²) in [6, 6.07) is 3.45. The minimum Gasteiger partial charge on any atom is -0.477 e. The number of methoxy groups -OCH3 is 2. The summed E-state index contributed by atoms with van der Waals surface area (Å²) in [6.07, 6.45) is -3.77. The molecule has 31 heavy (non-hydrogen) atoms. The van der Waals surface area contributed by atoms with Crippen molar-refractivity contribution in [2.24, 2.45) is 0 Å². The Bertz CT molecular complexity index is 808. The lowest BCUT2D eigenvalue weighted by Crippen LogP contribution is -2.59. The lowest BCUT2D eigenvalue weighted by Gasteiger charge is -2.31. The van der Waals surface area contributed by atoms with Gasteiger partial charge in [0.05, 0.1) is 20.8 Å². The Balaban J connectivity index is 3.37. The molecule has 0 bridgehead atoms. The molecule has 0 aliphatic rings. The van der Waals surface area contributed by atoms with E-state index < -0.39 is 42.6 Å². The number of carbonyl (C=O) groups is 4. The van der Waals surface area contributed by atoms with Gasteiger partial charge in [-0.25, -0.2) is 19.2 Å². The summed E-state index contributed by atoms with van der Waals surface area (Å²) >= 11 is 0. The third-order valence-corrected chi connectivity index (χ3v) is 3.57. The lowest BCUT2D eigenvalue weighted by atomic mass is 10.0. The average Bonchev–Trinajstić information content (AvgIpc) is 2.69. The van der Waals surface area contributed by atoms with Crippen LogP contribution in [0.3, 0.4) is 0 Å². The van der Waals surface area contributed by atoms with Gasteiger partial charge in [0.15, 0.2) is 11.5 Å². The fourth-order valence-electron chi connectivity index (χ4n) is 2.43. The zero-order valence-electron chi connectivity index (χ0n) is 17.8. The molecule has 0 unspecified atom stereocenters. The summed E-state index contributed by atoms with van der Waals surface area (Å²) in [5, 5.41) is 12.5. The smallest absolute Gasteiger partial charge is 0.477 e. The molecule has 2 N–H and O–H groups in total. The first-order valence-electron chi connectivity index (χ1n) is 9.08. The van der Waals surface area contributed by atoms with Gasteiger partial charge >= 0.3 is 24.4 Å². The van der Waals surface area contributed by atoms with Gasteiger partial charge in [0.25, 0.3) is 5.72 Å². The average molecular weight is 443 g/mol. The molecule has 0 aromatic heterocycles. The Morgan fingerprint density at radius 2 is 1.58 bits per heavy atom. The van der Waals surface area contributed by atoms with Crippen LogP contribution in [0.15, 0.2) is 18.2 Å². The quantitative estimate of drug-likeness (QED) is 0.249. The molecule has 1 atom stereocenters. The number of hydrogen-bond acceptors (Lipinski definition) is 11. The normalized spacial score (nSPS) is 12.3. The van der Waals surface area contributed by atoms with Gasteiger partial charge in [-0.15, -0.1) is 0 Å². The van der Waals surface area contributed by atoms with Gasteiger partial charge < -0.3 is 33.5 Å². The molecule has 1 aromatic carbocycles. The van der Waals surface area contributed by atoms with Crippen molar-refractivity contribution in [2.75, 3.05) is 20.8 Å². The Morgan fingerprint density at radius 1 is 1.00 bits per heavy atom. The van der Waals surface area contributed by atoms with Crippen LogP contribution < -0.4 is 14.8 Å². The Labute approximate surface area is 178 Å². The summed E-state index contributed by atoms with van der Waals surface area (Å²) in [4.78, 5) is 46.9. The minimum absolute atomic E-state index is 0.0209. The van der Waals surface area contributed by atoms with Crippen LogP contribution in [0.25, 0.3) is 0 Å². The van der Waals surface area contributed by atoms with Crippen molar-refractivity contribution in [2.45, 2.75) is 39.0 Å². The second-order valence-electron chi connectivity index (χ2n) is 6.29. The number of benzene rings is 1. The molecular weight excluding hydrogens is 418 g/mol. The van der Waals surface area contributed by atoms with Crippen molar-refractivity contribution in [1.82, 2.24) is 5.32 Å². The van der Waals surface area contributed by atoms with E-state index in [1.54, 1.807) is 13.8 Å². The molecule has 0 heterocycles. The fraction of sp³-hybridized carbons (Fsp3) is 0.474. The highest BCUT2D eigenvalue weighted by molar-refractivity contribution is 5.80. The maximum atomic E-state index is 12.1. The standard InChI is InChI=1S/C19H25NO11/c1-6-28-18(25)31-19(15(21)22,20-11(2)3)10-12-7-8-13(29-16(23)26-4)14(9-12)30-17(24)27-5/h7-9,11,20H,6,10H2,1-5H3,(H,21,22)/t19-/m0/s1. The maximum Gasteiger partial charge on any atom is 0.513 e. The highest BCUT2D eigenvalue weighted by atomic mass is 16.7.